The van der Waals surface area contributed by atoms with Gasteiger partial charge in [-0.2, -0.15) is 0 Å². The van der Waals surface area contributed by atoms with Crippen LogP contribution < -0.4 is 5.32 Å². The fraction of sp³-hybridized carbons (Fsp3) is 0.273. The Bertz CT molecular complexity index is 492. The highest BCUT2D eigenvalue weighted by atomic mass is 79.9. The second-order valence-electron chi connectivity index (χ2n) is 3.88. The quantitative estimate of drug-likeness (QED) is 0.900. The van der Waals surface area contributed by atoms with Crippen molar-refractivity contribution in [2.24, 2.45) is 11.8 Å². The van der Waals surface area contributed by atoms with E-state index in [0.29, 0.717) is 21.6 Å². The lowest BCUT2D eigenvalue weighted by atomic mass is 10.2. The molecule has 17 heavy (non-hydrogen) atoms. The molecule has 0 aromatic heterocycles. The Kier molecular flexibility index (Phi) is 3.40. The Hall–Kier alpha value is -1.07. The zero-order valence-electron chi connectivity index (χ0n) is 8.61. The van der Waals surface area contributed by atoms with Gasteiger partial charge in [0.2, 0.25) is 5.91 Å². The molecule has 1 fully saturated rings. The van der Waals surface area contributed by atoms with Crippen molar-refractivity contribution in [3.05, 3.63) is 27.7 Å². The van der Waals surface area contributed by atoms with Crippen LogP contribution in [0, 0.1) is 11.8 Å². The van der Waals surface area contributed by atoms with Gasteiger partial charge in [0.05, 0.1) is 27.0 Å². The third-order valence-corrected chi connectivity index (χ3v) is 4.05. The van der Waals surface area contributed by atoms with Crippen molar-refractivity contribution in [3.8, 4) is 0 Å². The van der Waals surface area contributed by atoms with Gasteiger partial charge in [0.25, 0.3) is 0 Å². The molecule has 0 saturated heterocycles. The van der Waals surface area contributed by atoms with Crippen LogP contribution in [0.2, 0.25) is 5.02 Å². The maximum Gasteiger partial charge on any atom is 0.307 e. The number of carbonyl (C=O) groups excluding carboxylic acids is 1. The Labute approximate surface area is 111 Å². The number of hydrogen-bond acceptors (Lipinski definition) is 2. The van der Waals surface area contributed by atoms with Crippen LogP contribution in [-0.4, -0.2) is 17.0 Å². The SMILES string of the molecule is O=C(O)C1CC1C(=O)Nc1cccc(Cl)c1Br. The van der Waals surface area contributed by atoms with Crippen LogP contribution in [-0.2, 0) is 9.59 Å². The number of carboxylic acids is 1. The molecule has 1 aliphatic rings. The van der Waals surface area contributed by atoms with Crippen molar-refractivity contribution in [2.75, 3.05) is 5.32 Å². The van der Waals surface area contributed by atoms with E-state index in [2.05, 4.69) is 21.2 Å². The molecule has 1 amide bonds. The van der Waals surface area contributed by atoms with Crippen LogP contribution in [0.4, 0.5) is 5.69 Å². The van der Waals surface area contributed by atoms with Gasteiger partial charge in [-0.05, 0) is 34.5 Å². The number of anilines is 1. The Balaban J connectivity index is 2.05. The molecule has 2 atom stereocenters. The van der Waals surface area contributed by atoms with Crippen molar-refractivity contribution in [2.45, 2.75) is 6.42 Å². The van der Waals surface area contributed by atoms with Crippen LogP contribution >= 0.6 is 27.5 Å². The average Bonchev–Trinajstić information content (AvgIpc) is 3.04. The molecule has 0 spiro atoms. The zero-order valence-corrected chi connectivity index (χ0v) is 11.0. The average molecular weight is 319 g/mol. The van der Waals surface area contributed by atoms with E-state index in [0.717, 1.165) is 0 Å². The summed E-state index contributed by atoms with van der Waals surface area (Å²) in [4.78, 5) is 22.4. The molecule has 2 rings (SSSR count). The molecule has 1 saturated carbocycles. The van der Waals surface area contributed by atoms with Gasteiger partial charge in [0, 0.05) is 0 Å². The van der Waals surface area contributed by atoms with E-state index in [1.54, 1.807) is 18.2 Å². The minimum absolute atomic E-state index is 0.277. The highest BCUT2D eigenvalue weighted by Gasteiger charge is 2.48. The second kappa shape index (κ2) is 4.66. The molecule has 1 aliphatic carbocycles. The fourth-order valence-corrected chi connectivity index (χ4v) is 2.12. The first kappa shape index (κ1) is 12.4. The predicted octanol–water partition coefficient (Wildman–Crippen LogP) is 2.76. The summed E-state index contributed by atoms with van der Waals surface area (Å²) in [5.41, 5.74) is 0.554. The minimum Gasteiger partial charge on any atom is -0.481 e. The summed E-state index contributed by atoms with van der Waals surface area (Å²) < 4.78 is 0.600. The molecule has 2 unspecified atom stereocenters. The summed E-state index contributed by atoms with van der Waals surface area (Å²) in [5, 5.41) is 11.9. The maximum atomic E-state index is 11.7. The fourth-order valence-electron chi connectivity index (χ4n) is 1.58. The minimum atomic E-state index is -0.921. The maximum absolute atomic E-state index is 11.7. The van der Waals surface area contributed by atoms with Gasteiger partial charge < -0.3 is 10.4 Å². The highest BCUT2D eigenvalue weighted by Crippen LogP contribution is 2.40. The first-order valence-corrected chi connectivity index (χ1v) is 6.15. The zero-order chi connectivity index (χ0) is 12.6. The molecule has 6 heteroatoms. The number of halogens is 2. The smallest absolute Gasteiger partial charge is 0.307 e. The van der Waals surface area contributed by atoms with Gasteiger partial charge in [0.1, 0.15) is 0 Å². The Morgan fingerprint density at radius 3 is 2.71 bits per heavy atom. The molecular weight excluding hydrogens is 309 g/mol. The van der Waals surface area contributed by atoms with E-state index in [1.807, 2.05) is 0 Å². The van der Waals surface area contributed by atoms with E-state index >= 15 is 0 Å². The van der Waals surface area contributed by atoms with Gasteiger partial charge in [0.15, 0.2) is 0 Å². The first-order valence-electron chi connectivity index (χ1n) is 4.98. The van der Waals surface area contributed by atoms with E-state index in [1.165, 1.54) is 0 Å². The normalized spacial score (nSPS) is 22.0. The van der Waals surface area contributed by atoms with E-state index in [4.69, 9.17) is 16.7 Å². The lowest BCUT2D eigenvalue weighted by molar-refractivity contribution is -0.139. The molecule has 0 heterocycles. The summed E-state index contributed by atoms with van der Waals surface area (Å²) in [6.07, 6.45) is 0.402. The van der Waals surface area contributed by atoms with Crippen molar-refractivity contribution in [1.29, 1.82) is 0 Å². The van der Waals surface area contributed by atoms with E-state index < -0.39 is 17.8 Å². The summed E-state index contributed by atoms with van der Waals surface area (Å²) in [5.74, 6) is -2.18. The van der Waals surface area contributed by atoms with E-state index in [-0.39, 0.29) is 5.91 Å². The third kappa shape index (κ3) is 2.61. The van der Waals surface area contributed by atoms with Crippen molar-refractivity contribution in [3.63, 3.8) is 0 Å². The number of aliphatic carboxylic acids is 1. The van der Waals surface area contributed by atoms with Crippen LogP contribution in [0.15, 0.2) is 22.7 Å². The molecule has 1 aromatic carbocycles. The van der Waals surface area contributed by atoms with Gasteiger partial charge in [-0.3, -0.25) is 9.59 Å². The van der Waals surface area contributed by atoms with Crippen LogP contribution in [0.5, 0.6) is 0 Å². The lowest BCUT2D eigenvalue weighted by Crippen LogP contribution is -2.17. The van der Waals surface area contributed by atoms with Crippen molar-refractivity contribution in [1.82, 2.24) is 0 Å². The Morgan fingerprint density at radius 2 is 2.12 bits per heavy atom. The topological polar surface area (TPSA) is 66.4 Å². The molecule has 0 radical (unpaired) electrons. The molecule has 0 aliphatic heterocycles. The van der Waals surface area contributed by atoms with Gasteiger partial charge in [-0.1, -0.05) is 17.7 Å². The molecule has 4 nitrogen and oxygen atoms in total. The molecule has 2 N–H and O–H groups in total. The number of benzene rings is 1. The third-order valence-electron chi connectivity index (χ3n) is 2.65. The monoisotopic (exact) mass is 317 g/mol. The van der Waals surface area contributed by atoms with Crippen LogP contribution in [0.3, 0.4) is 0 Å². The largest absolute Gasteiger partial charge is 0.481 e. The molecular formula is C11H9BrClNO3. The van der Waals surface area contributed by atoms with Crippen LogP contribution in [0.25, 0.3) is 0 Å². The summed E-state index contributed by atoms with van der Waals surface area (Å²) >= 11 is 9.14. The van der Waals surface area contributed by atoms with Gasteiger partial charge in [-0.25, -0.2) is 0 Å². The van der Waals surface area contributed by atoms with Crippen LogP contribution in [0.1, 0.15) is 6.42 Å². The van der Waals surface area contributed by atoms with E-state index in [9.17, 15) is 9.59 Å². The van der Waals surface area contributed by atoms with Gasteiger partial charge >= 0.3 is 5.97 Å². The number of nitrogens with one attached hydrogen (secondary N) is 1. The summed E-state index contributed by atoms with van der Waals surface area (Å²) in [6, 6.07) is 5.11. The number of hydrogen-bond donors (Lipinski definition) is 2. The standard InChI is InChI=1S/C11H9BrClNO3/c12-9-7(13)2-1-3-8(9)14-10(15)5-4-6(5)11(16)17/h1-3,5-6H,4H2,(H,14,15)(H,16,17). The summed E-state index contributed by atoms with van der Waals surface area (Å²) in [7, 11) is 0. The predicted molar refractivity (Wildman–Crippen MR) is 67.0 cm³/mol. The number of carboxylic acid groups (broad SMARTS) is 1. The molecule has 90 valence electrons. The summed E-state index contributed by atoms with van der Waals surface area (Å²) in [6.45, 7) is 0. The molecule has 0 bridgehead atoms. The van der Waals surface area contributed by atoms with Crippen molar-refractivity contribution < 1.29 is 14.7 Å². The molecule has 1 aromatic rings. The second-order valence-corrected chi connectivity index (χ2v) is 5.08. The highest BCUT2D eigenvalue weighted by molar-refractivity contribution is 9.10. The number of carbonyl (C=O) groups is 2. The first-order chi connectivity index (χ1) is 8.00. The number of amides is 1. The van der Waals surface area contributed by atoms with Crippen molar-refractivity contribution >= 4 is 45.1 Å². The lowest BCUT2D eigenvalue weighted by Gasteiger charge is -2.07. The van der Waals surface area contributed by atoms with Gasteiger partial charge in [-0.15, -0.1) is 0 Å². The Morgan fingerprint density at radius 1 is 1.41 bits per heavy atom. The number of rotatable bonds is 3.